The summed E-state index contributed by atoms with van der Waals surface area (Å²) in [5, 5.41) is 6.84. The topological polar surface area (TPSA) is 48.8 Å². The van der Waals surface area contributed by atoms with Crippen LogP contribution in [0.4, 0.5) is 0 Å². The summed E-state index contributed by atoms with van der Waals surface area (Å²) in [6, 6.07) is 59.3. The van der Waals surface area contributed by atoms with Crippen molar-refractivity contribution in [1.82, 2.24) is 19.1 Å². The zero-order valence-electron chi connectivity index (χ0n) is 27.4. The molecule has 7 aromatic carbocycles. The van der Waals surface area contributed by atoms with Crippen molar-refractivity contribution in [1.29, 1.82) is 0 Å². The van der Waals surface area contributed by atoms with Crippen molar-refractivity contribution in [2.45, 2.75) is 0 Å². The van der Waals surface area contributed by atoms with Gasteiger partial charge in [-0.3, -0.25) is 4.57 Å². The van der Waals surface area contributed by atoms with Crippen LogP contribution in [0.25, 0.3) is 99.7 Å². The third-order valence-corrected chi connectivity index (χ3v) is 10.1. The predicted molar refractivity (Wildman–Crippen MR) is 209 cm³/mol. The standard InChI is InChI=1S/C46H28N4O/c1-4-14-29(15-5-1)36-28-37(30-16-6-2-7-17-30)48-46(47-36)50-38-22-12-10-21-33(38)44-40(50)25-24-39-45(44)35-27-43-34(32-20-11-13-23-42(32)51-43)26-41(35)49(39)31-18-8-3-9-19-31/h1-28H. The van der Waals surface area contributed by atoms with E-state index < -0.39 is 0 Å². The lowest BCUT2D eigenvalue weighted by atomic mass is 10.0. The molecule has 0 N–H and O–H groups in total. The van der Waals surface area contributed by atoms with Gasteiger partial charge in [0.15, 0.2) is 0 Å². The summed E-state index contributed by atoms with van der Waals surface area (Å²) in [7, 11) is 0. The zero-order chi connectivity index (χ0) is 33.5. The van der Waals surface area contributed by atoms with Crippen molar-refractivity contribution in [2.75, 3.05) is 0 Å². The van der Waals surface area contributed by atoms with E-state index in [1.165, 1.54) is 5.39 Å². The highest BCUT2D eigenvalue weighted by Crippen LogP contribution is 2.44. The summed E-state index contributed by atoms with van der Waals surface area (Å²) in [6.45, 7) is 0. The van der Waals surface area contributed by atoms with E-state index in [-0.39, 0.29) is 0 Å². The minimum Gasteiger partial charge on any atom is -0.456 e. The molecule has 5 nitrogen and oxygen atoms in total. The number of aromatic nitrogens is 4. The molecule has 0 saturated carbocycles. The molecule has 0 fully saturated rings. The highest BCUT2D eigenvalue weighted by Gasteiger charge is 2.23. The van der Waals surface area contributed by atoms with Crippen LogP contribution < -0.4 is 0 Å². The maximum atomic E-state index is 6.47. The minimum absolute atomic E-state index is 0.632. The highest BCUT2D eigenvalue weighted by molar-refractivity contribution is 6.30. The van der Waals surface area contributed by atoms with Crippen LogP contribution in [-0.4, -0.2) is 19.1 Å². The van der Waals surface area contributed by atoms with Crippen molar-refractivity contribution in [2.24, 2.45) is 0 Å². The first-order chi connectivity index (χ1) is 25.3. The Kier molecular flexibility index (Phi) is 5.89. The largest absolute Gasteiger partial charge is 0.456 e. The Morgan fingerprint density at radius 3 is 1.65 bits per heavy atom. The Bertz CT molecular complexity index is 3060. The Morgan fingerprint density at radius 1 is 0.373 bits per heavy atom. The molecular formula is C46H28N4O. The van der Waals surface area contributed by atoms with Crippen LogP contribution in [0, 0.1) is 0 Å². The van der Waals surface area contributed by atoms with Crippen LogP contribution in [0.2, 0.25) is 0 Å². The van der Waals surface area contributed by atoms with Crippen molar-refractivity contribution in [3.8, 4) is 34.2 Å². The molecule has 0 saturated heterocycles. The normalized spacial score (nSPS) is 11.9. The Labute approximate surface area is 292 Å². The first-order valence-corrected chi connectivity index (χ1v) is 17.2. The van der Waals surface area contributed by atoms with Gasteiger partial charge < -0.3 is 8.98 Å². The van der Waals surface area contributed by atoms with Crippen molar-refractivity contribution < 1.29 is 4.42 Å². The van der Waals surface area contributed by atoms with Crippen LogP contribution in [0.15, 0.2) is 174 Å². The molecule has 5 heteroatoms. The van der Waals surface area contributed by atoms with Gasteiger partial charge in [0.1, 0.15) is 11.2 Å². The lowest BCUT2D eigenvalue weighted by molar-refractivity contribution is 0.669. The molecule has 0 aliphatic heterocycles. The number of furan rings is 1. The Balaban J connectivity index is 1.29. The molecule has 0 unspecified atom stereocenters. The van der Waals surface area contributed by atoms with Gasteiger partial charge in [0.05, 0.1) is 33.5 Å². The number of para-hydroxylation sites is 3. The van der Waals surface area contributed by atoms with Gasteiger partial charge in [-0.2, -0.15) is 0 Å². The van der Waals surface area contributed by atoms with Gasteiger partial charge in [0.2, 0.25) is 5.95 Å². The molecule has 238 valence electrons. The van der Waals surface area contributed by atoms with Crippen LogP contribution >= 0.6 is 0 Å². The van der Waals surface area contributed by atoms with E-state index in [0.29, 0.717) is 5.95 Å². The van der Waals surface area contributed by atoms with Gasteiger partial charge in [0, 0.05) is 49.1 Å². The van der Waals surface area contributed by atoms with Gasteiger partial charge in [-0.05, 0) is 54.6 Å². The molecule has 0 aliphatic carbocycles. The quantitative estimate of drug-likeness (QED) is 0.190. The number of fused-ring (bicyclic) bond motifs is 10. The average Bonchev–Trinajstić information content (AvgIpc) is 3.85. The minimum atomic E-state index is 0.632. The second-order valence-corrected chi connectivity index (χ2v) is 13.0. The van der Waals surface area contributed by atoms with Gasteiger partial charge in [0.25, 0.3) is 0 Å². The Morgan fingerprint density at radius 2 is 0.941 bits per heavy atom. The maximum absolute atomic E-state index is 6.47. The molecule has 0 amide bonds. The molecule has 0 bridgehead atoms. The van der Waals surface area contributed by atoms with E-state index in [1.54, 1.807) is 0 Å². The fourth-order valence-electron chi connectivity index (χ4n) is 7.90. The smallest absolute Gasteiger partial charge is 0.235 e. The molecule has 0 spiro atoms. The van der Waals surface area contributed by atoms with E-state index >= 15 is 0 Å². The van der Waals surface area contributed by atoms with E-state index in [2.05, 4.69) is 155 Å². The number of hydrogen-bond acceptors (Lipinski definition) is 3. The fraction of sp³-hybridized carbons (Fsp3) is 0. The zero-order valence-corrected chi connectivity index (χ0v) is 27.4. The van der Waals surface area contributed by atoms with Gasteiger partial charge >= 0.3 is 0 Å². The predicted octanol–water partition coefficient (Wildman–Crippen LogP) is 11.9. The summed E-state index contributed by atoms with van der Waals surface area (Å²) in [5.41, 5.74) is 11.1. The number of nitrogens with zero attached hydrogens (tertiary/aromatic N) is 4. The molecule has 4 heterocycles. The Hall–Kier alpha value is -6.98. The molecule has 0 atom stereocenters. The van der Waals surface area contributed by atoms with Gasteiger partial charge in [-0.15, -0.1) is 0 Å². The van der Waals surface area contributed by atoms with Crippen molar-refractivity contribution in [3.63, 3.8) is 0 Å². The SMILES string of the molecule is c1ccc(-c2cc(-c3ccccc3)nc(-n3c4ccccc4c4c5c6cc7oc8ccccc8c7cc6n(-c6ccccc6)c5ccc43)n2)cc1. The van der Waals surface area contributed by atoms with Crippen LogP contribution in [0.3, 0.4) is 0 Å². The maximum Gasteiger partial charge on any atom is 0.235 e. The molecule has 0 aliphatic rings. The first kappa shape index (κ1) is 27.9. The summed E-state index contributed by atoms with van der Waals surface area (Å²) >= 11 is 0. The number of benzene rings is 7. The molecule has 11 aromatic rings. The summed E-state index contributed by atoms with van der Waals surface area (Å²) < 4.78 is 11.1. The van der Waals surface area contributed by atoms with E-state index in [1.807, 2.05) is 24.3 Å². The fourth-order valence-corrected chi connectivity index (χ4v) is 7.90. The van der Waals surface area contributed by atoms with Gasteiger partial charge in [-0.1, -0.05) is 115 Å². The van der Waals surface area contributed by atoms with E-state index in [4.69, 9.17) is 14.4 Å². The van der Waals surface area contributed by atoms with Crippen molar-refractivity contribution >= 4 is 65.6 Å². The second-order valence-electron chi connectivity index (χ2n) is 13.0. The number of rotatable bonds is 4. The van der Waals surface area contributed by atoms with Crippen LogP contribution in [0.1, 0.15) is 0 Å². The molecular weight excluding hydrogens is 625 g/mol. The van der Waals surface area contributed by atoms with Crippen LogP contribution in [-0.2, 0) is 0 Å². The van der Waals surface area contributed by atoms with Gasteiger partial charge in [-0.25, -0.2) is 9.97 Å². The summed E-state index contributed by atoms with van der Waals surface area (Å²) in [4.78, 5) is 10.5. The molecule has 11 rings (SSSR count). The molecule has 51 heavy (non-hydrogen) atoms. The number of hydrogen-bond donors (Lipinski definition) is 0. The summed E-state index contributed by atoms with van der Waals surface area (Å²) in [6.07, 6.45) is 0. The van der Waals surface area contributed by atoms with E-state index in [9.17, 15) is 0 Å². The molecule has 4 aromatic heterocycles. The van der Waals surface area contributed by atoms with E-state index in [0.717, 1.165) is 88.4 Å². The third kappa shape index (κ3) is 4.15. The lowest BCUT2D eigenvalue weighted by Crippen LogP contribution is -2.04. The first-order valence-electron chi connectivity index (χ1n) is 17.2. The highest BCUT2D eigenvalue weighted by atomic mass is 16.3. The summed E-state index contributed by atoms with van der Waals surface area (Å²) in [5.74, 6) is 0.632. The molecule has 0 radical (unpaired) electrons. The monoisotopic (exact) mass is 652 g/mol. The third-order valence-electron chi connectivity index (χ3n) is 10.1. The second kappa shape index (κ2) is 10.8. The van der Waals surface area contributed by atoms with Crippen LogP contribution in [0.5, 0.6) is 0 Å². The average molecular weight is 653 g/mol. The van der Waals surface area contributed by atoms with Crippen molar-refractivity contribution in [3.05, 3.63) is 170 Å². The lowest BCUT2D eigenvalue weighted by Gasteiger charge is -2.12.